The number of pyridine rings is 2. The van der Waals surface area contributed by atoms with Crippen molar-refractivity contribution in [3.05, 3.63) is 72.4 Å². The lowest BCUT2D eigenvalue weighted by Gasteiger charge is -2.17. The van der Waals surface area contributed by atoms with Crippen LogP contribution >= 0.6 is 0 Å². The fraction of sp³-hybridized carbons (Fsp3) is 0.296. The Hall–Kier alpha value is -3.07. The van der Waals surface area contributed by atoms with Crippen molar-refractivity contribution in [2.45, 2.75) is 39.0 Å². The lowest BCUT2D eigenvalue weighted by atomic mass is 10.1. The first-order valence-corrected chi connectivity index (χ1v) is 11.4. The Balaban J connectivity index is 1.54. The third kappa shape index (κ3) is 2.76. The summed E-state index contributed by atoms with van der Waals surface area (Å²) in [6.07, 6.45) is 8.55. The van der Waals surface area contributed by atoms with Gasteiger partial charge in [0.25, 0.3) is 5.65 Å². The quantitative estimate of drug-likeness (QED) is 0.344. The second-order valence-electron chi connectivity index (χ2n) is 8.72. The molecule has 0 saturated carbocycles. The molecule has 30 heavy (non-hydrogen) atoms. The van der Waals surface area contributed by atoms with Gasteiger partial charge in [0.2, 0.25) is 0 Å². The Morgan fingerprint density at radius 1 is 0.867 bits per heavy atom. The van der Waals surface area contributed by atoms with Crippen molar-refractivity contribution in [3.8, 4) is 0 Å². The van der Waals surface area contributed by atoms with Crippen LogP contribution in [0.3, 0.4) is 0 Å². The molecule has 3 heteroatoms. The van der Waals surface area contributed by atoms with Crippen molar-refractivity contribution in [1.29, 1.82) is 0 Å². The van der Waals surface area contributed by atoms with Gasteiger partial charge in [0.15, 0.2) is 5.52 Å². The third-order valence-corrected chi connectivity index (χ3v) is 6.73. The van der Waals surface area contributed by atoms with Crippen LogP contribution in [0.15, 0.2) is 66.9 Å². The molecule has 0 atom stereocenters. The molecule has 0 radical (unpaired) electrons. The summed E-state index contributed by atoms with van der Waals surface area (Å²) in [5, 5.41) is 2.62. The van der Waals surface area contributed by atoms with Gasteiger partial charge in [-0.15, -0.1) is 0 Å². The molecular formula is C27H28N3+. The van der Waals surface area contributed by atoms with E-state index >= 15 is 0 Å². The van der Waals surface area contributed by atoms with Crippen molar-refractivity contribution in [2.75, 3.05) is 18.0 Å². The van der Waals surface area contributed by atoms with E-state index in [9.17, 15) is 0 Å². The zero-order valence-electron chi connectivity index (χ0n) is 17.6. The molecule has 3 nitrogen and oxygen atoms in total. The summed E-state index contributed by atoms with van der Waals surface area (Å²) in [6.45, 7) is 4.62. The number of rotatable bonds is 4. The molecule has 0 unspecified atom stereocenters. The predicted octanol–water partition coefficient (Wildman–Crippen LogP) is 5.93. The highest BCUT2D eigenvalue weighted by atomic mass is 15.1. The van der Waals surface area contributed by atoms with Crippen LogP contribution in [0, 0.1) is 0 Å². The van der Waals surface area contributed by atoms with Crippen molar-refractivity contribution < 1.29 is 4.40 Å². The predicted molar refractivity (Wildman–Crippen MR) is 126 cm³/mol. The minimum absolute atomic E-state index is 1.16. The van der Waals surface area contributed by atoms with Crippen molar-refractivity contribution >= 4 is 38.7 Å². The molecule has 0 spiro atoms. The van der Waals surface area contributed by atoms with E-state index in [0.717, 1.165) is 6.42 Å². The number of imidazole rings is 1. The number of unbranched alkanes of at least 4 members (excludes halogenated alkanes) is 1. The molecule has 1 aliphatic rings. The molecule has 0 amide bonds. The second-order valence-corrected chi connectivity index (χ2v) is 8.72. The summed E-state index contributed by atoms with van der Waals surface area (Å²) >= 11 is 0. The average molecular weight is 395 g/mol. The standard InChI is InChI=1S/C27H28N3/c1-2-3-6-20-7-12-26-21(17-20)8-10-24-19-29-25-13-11-23(28-15-4-5-16-28)18-22(25)9-14-27(29)30(24)26/h7-14,17-19H,2-6,15-16H2,1H3/q+1. The Bertz CT molecular complexity index is 1390. The second kappa shape index (κ2) is 7.02. The Labute approximate surface area is 177 Å². The van der Waals surface area contributed by atoms with Crippen LogP contribution in [-0.2, 0) is 6.42 Å². The number of hydrogen-bond acceptors (Lipinski definition) is 1. The van der Waals surface area contributed by atoms with Crippen LogP contribution in [0.5, 0.6) is 0 Å². The fourth-order valence-corrected chi connectivity index (χ4v) is 5.11. The zero-order valence-corrected chi connectivity index (χ0v) is 17.6. The Morgan fingerprint density at radius 3 is 2.60 bits per heavy atom. The van der Waals surface area contributed by atoms with Crippen LogP contribution in [0.2, 0.25) is 0 Å². The highest BCUT2D eigenvalue weighted by Crippen LogP contribution is 2.26. The van der Waals surface area contributed by atoms with Crippen LogP contribution in [0.4, 0.5) is 5.69 Å². The maximum absolute atomic E-state index is 2.51. The van der Waals surface area contributed by atoms with E-state index in [2.05, 4.69) is 87.5 Å². The first kappa shape index (κ1) is 17.8. The van der Waals surface area contributed by atoms with Gasteiger partial charge in [0.1, 0.15) is 17.2 Å². The van der Waals surface area contributed by atoms with Gasteiger partial charge >= 0.3 is 0 Å². The summed E-state index contributed by atoms with van der Waals surface area (Å²) in [7, 11) is 0. The van der Waals surface area contributed by atoms with E-state index in [-0.39, 0.29) is 0 Å². The molecule has 2 aromatic carbocycles. The number of fused-ring (bicyclic) bond motifs is 7. The van der Waals surface area contributed by atoms with E-state index in [4.69, 9.17) is 0 Å². The third-order valence-electron chi connectivity index (χ3n) is 6.73. The first-order chi connectivity index (χ1) is 14.8. The average Bonchev–Trinajstić information content (AvgIpc) is 3.45. The summed E-state index contributed by atoms with van der Waals surface area (Å²) in [5.41, 5.74) is 7.80. The highest BCUT2D eigenvalue weighted by Gasteiger charge is 2.18. The minimum Gasteiger partial charge on any atom is -0.372 e. The topological polar surface area (TPSA) is 11.8 Å². The molecular weight excluding hydrogens is 366 g/mol. The molecule has 1 aliphatic heterocycles. The monoisotopic (exact) mass is 394 g/mol. The van der Waals surface area contributed by atoms with Gasteiger partial charge < -0.3 is 4.90 Å². The smallest absolute Gasteiger partial charge is 0.292 e. The summed E-state index contributed by atoms with van der Waals surface area (Å²) < 4.78 is 4.75. The first-order valence-electron chi connectivity index (χ1n) is 11.4. The number of aryl methyl sites for hydroxylation is 1. The Morgan fingerprint density at radius 2 is 1.73 bits per heavy atom. The molecule has 6 rings (SSSR count). The number of aromatic nitrogens is 2. The lowest BCUT2D eigenvalue weighted by Crippen LogP contribution is -2.21. The molecule has 4 heterocycles. The number of hydrogen-bond donors (Lipinski definition) is 0. The van der Waals surface area contributed by atoms with E-state index in [1.165, 1.54) is 83.0 Å². The van der Waals surface area contributed by atoms with Gasteiger partial charge in [-0.25, -0.2) is 0 Å². The summed E-state index contributed by atoms with van der Waals surface area (Å²) in [6, 6.07) is 23.0. The summed E-state index contributed by atoms with van der Waals surface area (Å²) in [5.74, 6) is 0. The minimum atomic E-state index is 1.16. The van der Waals surface area contributed by atoms with Gasteiger partial charge in [-0.1, -0.05) is 19.4 Å². The molecule has 3 aromatic heterocycles. The number of benzene rings is 2. The molecule has 150 valence electrons. The van der Waals surface area contributed by atoms with E-state index in [1.807, 2.05) is 0 Å². The number of nitrogens with zero attached hydrogens (tertiary/aromatic N) is 3. The van der Waals surface area contributed by atoms with Crippen LogP contribution < -0.4 is 9.30 Å². The van der Waals surface area contributed by atoms with Gasteiger partial charge in [-0.2, -0.15) is 8.80 Å². The van der Waals surface area contributed by atoms with Gasteiger partial charge in [-0.05, 0) is 79.8 Å². The molecule has 0 bridgehead atoms. The van der Waals surface area contributed by atoms with Gasteiger partial charge in [0.05, 0.1) is 0 Å². The van der Waals surface area contributed by atoms with Crippen LogP contribution in [0.25, 0.3) is 33.0 Å². The normalized spacial score (nSPS) is 14.6. The summed E-state index contributed by atoms with van der Waals surface area (Å²) in [4.78, 5) is 2.51. The molecule has 5 aromatic rings. The van der Waals surface area contributed by atoms with Crippen molar-refractivity contribution in [1.82, 2.24) is 4.40 Å². The maximum Gasteiger partial charge on any atom is 0.292 e. The van der Waals surface area contributed by atoms with Crippen LogP contribution in [-0.4, -0.2) is 17.5 Å². The molecule has 1 saturated heterocycles. The van der Waals surface area contributed by atoms with E-state index in [0.29, 0.717) is 0 Å². The van der Waals surface area contributed by atoms with E-state index < -0.39 is 0 Å². The Kier molecular flexibility index (Phi) is 4.15. The largest absolute Gasteiger partial charge is 0.372 e. The van der Waals surface area contributed by atoms with Crippen LogP contribution in [0.1, 0.15) is 38.2 Å². The van der Waals surface area contributed by atoms with Crippen molar-refractivity contribution in [3.63, 3.8) is 0 Å². The van der Waals surface area contributed by atoms with Gasteiger partial charge in [-0.3, -0.25) is 0 Å². The lowest BCUT2D eigenvalue weighted by molar-refractivity contribution is -0.479. The van der Waals surface area contributed by atoms with Crippen molar-refractivity contribution in [2.24, 2.45) is 0 Å². The fourth-order valence-electron chi connectivity index (χ4n) is 5.11. The SMILES string of the molecule is CCCCc1ccc2c(ccc3c[n+]4c5ccc(N6CCCC6)cc5ccc4n32)c1. The highest BCUT2D eigenvalue weighted by molar-refractivity contribution is 5.87. The molecule has 0 N–H and O–H groups in total. The van der Waals surface area contributed by atoms with E-state index in [1.54, 1.807) is 0 Å². The zero-order chi connectivity index (χ0) is 20.1. The molecule has 1 fully saturated rings. The van der Waals surface area contributed by atoms with Gasteiger partial charge in [0, 0.05) is 35.6 Å². The number of anilines is 1. The molecule has 0 aliphatic carbocycles. The maximum atomic E-state index is 2.51.